The molecule has 1 unspecified atom stereocenters. The molecule has 0 saturated carbocycles. The van der Waals surface area contributed by atoms with Gasteiger partial charge in [0.2, 0.25) is 0 Å². The van der Waals surface area contributed by atoms with Crippen molar-refractivity contribution in [1.82, 2.24) is 0 Å². The lowest BCUT2D eigenvalue weighted by molar-refractivity contribution is -0.337. The molecule has 0 aromatic heterocycles. The van der Waals surface area contributed by atoms with Crippen molar-refractivity contribution in [1.29, 1.82) is 0 Å². The number of benzene rings is 2. The number of hydrogen-bond donors (Lipinski definition) is 2. The Labute approximate surface area is 171 Å². The average Bonchev–Trinajstić information content (AvgIpc) is 2.60. The SMILES string of the molecule is O=S(CC(O)(O)C(F)(F)F)C(c1ccc(C(F)(F)F)cc1)c1ccc(C(F)(F)F)cc1. The molecule has 0 saturated heterocycles. The Balaban J connectivity index is 2.51. The molecule has 0 aliphatic heterocycles. The molecule has 2 N–H and O–H groups in total. The van der Waals surface area contributed by atoms with Crippen LogP contribution in [0, 0.1) is 0 Å². The summed E-state index contributed by atoms with van der Waals surface area (Å²) >= 11 is 0. The minimum Gasteiger partial charge on any atom is -0.358 e. The lowest BCUT2D eigenvalue weighted by atomic mass is 10.0. The van der Waals surface area contributed by atoms with E-state index in [4.69, 9.17) is 0 Å². The molecule has 172 valence electrons. The molecule has 2 aromatic carbocycles. The first-order chi connectivity index (χ1) is 13.9. The topological polar surface area (TPSA) is 57.5 Å². The van der Waals surface area contributed by atoms with Crippen LogP contribution < -0.4 is 0 Å². The highest BCUT2D eigenvalue weighted by atomic mass is 32.2. The van der Waals surface area contributed by atoms with E-state index in [-0.39, 0.29) is 11.1 Å². The molecule has 2 rings (SSSR count). The first-order valence-electron chi connectivity index (χ1n) is 8.16. The van der Waals surface area contributed by atoms with E-state index in [2.05, 4.69) is 0 Å². The Morgan fingerprint density at radius 1 is 0.677 bits per heavy atom. The smallest absolute Gasteiger partial charge is 0.358 e. The van der Waals surface area contributed by atoms with Crippen molar-refractivity contribution < 1.29 is 53.9 Å². The molecular formula is C18H13F9O3S. The minimum absolute atomic E-state index is 0.232. The second-order valence-electron chi connectivity index (χ2n) is 6.46. The second-order valence-corrected chi connectivity index (χ2v) is 7.98. The Morgan fingerprint density at radius 2 is 1.00 bits per heavy atom. The van der Waals surface area contributed by atoms with Crippen LogP contribution in [0.2, 0.25) is 0 Å². The molecule has 2 aromatic rings. The predicted octanol–water partition coefficient (Wildman–Crippen LogP) is 4.81. The summed E-state index contributed by atoms with van der Waals surface area (Å²) in [5, 5.41) is 16.7. The maximum atomic E-state index is 12.8. The van der Waals surface area contributed by atoms with Gasteiger partial charge in [-0.1, -0.05) is 24.3 Å². The van der Waals surface area contributed by atoms with Gasteiger partial charge in [-0.05, 0) is 35.4 Å². The van der Waals surface area contributed by atoms with Gasteiger partial charge in [0.05, 0.1) is 22.1 Å². The van der Waals surface area contributed by atoms with Gasteiger partial charge < -0.3 is 10.2 Å². The molecule has 0 aliphatic rings. The van der Waals surface area contributed by atoms with Crippen LogP contribution in [-0.2, 0) is 23.2 Å². The maximum absolute atomic E-state index is 12.8. The van der Waals surface area contributed by atoms with Crippen molar-refractivity contribution in [2.45, 2.75) is 29.6 Å². The van der Waals surface area contributed by atoms with Gasteiger partial charge >= 0.3 is 18.5 Å². The van der Waals surface area contributed by atoms with Gasteiger partial charge in [-0.3, -0.25) is 4.21 Å². The summed E-state index contributed by atoms with van der Waals surface area (Å²) < 4.78 is 127. The van der Waals surface area contributed by atoms with Crippen molar-refractivity contribution in [2.24, 2.45) is 0 Å². The number of aliphatic hydroxyl groups is 2. The zero-order chi connectivity index (χ0) is 23.8. The number of halogens is 9. The molecule has 0 radical (unpaired) electrons. The quantitative estimate of drug-likeness (QED) is 0.478. The summed E-state index contributed by atoms with van der Waals surface area (Å²) in [5.41, 5.74) is -2.71. The van der Waals surface area contributed by atoms with E-state index in [1.54, 1.807) is 0 Å². The maximum Gasteiger partial charge on any atom is 0.443 e. The normalized spacial score (nSPS) is 14.7. The molecule has 31 heavy (non-hydrogen) atoms. The van der Waals surface area contributed by atoms with Gasteiger partial charge in [0.1, 0.15) is 0 Å². The van der Waals surface area contributed by atoms with E-state index in [1.807, 2.05) is 0 Å². The van der Waals surface area contributed by atoms with Gasteiger partial charge in [0.25, 0.3) is 5.79 Å². The highest BCUT2D eigenvalue weighted by Crippen LogP contribution is 2.37. The van der Waals surface area contributed by atoms with Gasteiger partial charge in [-0.25, -0.2) is 0 Å². The standard InChI is InChI=1S/C18H13F9O3S/c19-16(20,21)12-5-1-10(2-6-12)14(31(30)9-15(28,29)18(25,26)27)11-3-7-13(8-4-11)17(22,23)24/h1-8,14,28-29H,9H2. The molecule has 3 nitrogen and oxygen atoms in total. The van der Waals surface area contributed by atoms with Crippen molar-refractivity contribution in [3.63, 3.8) is 0 Å². The Kier molecular flexibility index (Phi) is 6.84. The fourth-order valence-corrected chi connectivity index (χ4v) is 4.20. The molecule has 0 amide bonds. The number of hydrogen-bond acceptors (Lipinski definition) is 3. The van der Waals surface area contributed by atoms with Crippen LogP contribution >= 0.6 is 0 Å². The first-order valence-corrected chi connectivity index (χ1v) is 9.54. The van der Waals surface area contributed by atoms with Gasteiger partial charge in [-0.15, -0.1) is 0 Å². The number of alkyl halides is 9. The predicted molar refractivity (Wildman–Crippen MR) is 91.0 cm³/mol. The van der Waals surface area contributed by atoms with E-state index in [9.17, 15) is 53.9 Å². The summed E-state index contributed by atoms with van der Waals surface area (Å²) in [4.78, 5) is 0. The average molecular weight is 480 g/mol. The van der Waals surface area contributed by atoms with Gasteiger partial charge in [-0.2, -0.15) is 39.5 Å². The molecule has 0 bridgehead atoms. The molecule has 0 fully saturated rings. The molecule has 0 heterocycles. The van der Waals surface area contributed by atoms with Crippen molar-refractivity contribution in [3.05, 3.63) is 70.8 Å². The molecular weight excluding hydrogens is 467 g/mol. The highest BCUT2D eigenvalue weighted by Gasteiger charge is 2.54. The Hall–Kier alpha value is -2.12. The Morgan fingerprint density at radius 3 is 1.26 bits per heavy atom. The van der Waals surface area contributed by atoms with Crippen molar-refractivity contribution in [2.75, 3.05) is 5.75 Å². The zero-order valence-electron chi connectivity index (χ0n) is 15.0. The Bertz CT molecular complexity index is 857. The van der Waals surface area contributed by atoms with Crippen LogP contribution in [0.25, 0.3) is 0 Å². The monoisotopic (exact) mass is 480 g/mol. The summed E-state index contributed by atoms with van der Waals surface area (Å²) in [6, 6.07) is 5.41. The van der Waals surface area contributed by atoms with Crippen LogP contribution in [0.1, 0.15) is 27.5 Å². The summed E-state index contributed by atoms with van der Waals surface area (Å²) in [6.07, 6.45) is -15.1. The molecule has 1 atom stereocenters. The van der Waals surface area contributed by atoms with Crippen molar-refractivity contribution in [3.8, 4) is 0 Å². The molecule has 0 spiro atoms. The highest BCUT2D eigenvalue weighted by molar-refractivity contribution is 7.85. The summed E-state index contributed by atoms with van der Waals surface area (Å²) in [5.74, 6) is -6.18. The van der Waals surface area contributed by atoms with Crippen LogP contribution in [0.3, 0.4) is 0 Å². The lowest BCUT2D eigenvalue weighted by Gasteiger charge is -2.27. The lowest BCUT2D eigenvalue weighted by Crippen LogP contribution is -2.49. The third-order valence-electron chi connectivity index (χ3n) is 4.14. The fourth-order valence-electron chi connectivity index (χ4n) is 2.55. The third-order valence-corrected chi connectivity index (χ3v) is 5.90. The number of rotatable bonds is 5. The largest absolute Gasteiger partial charge is 0.443 e. The zero-order valence-corrected chi connectivity index (χ0v) is 15.8. The third kappa shape index (κ3) is 5.98. The minimum atomic E-state index is -5.60. The van der Waals surface area contributed by atoms with E-state index >= 15 is 0 Å². The van der Waals surface area contributed by atoms with Crippen LogP contribution in [-0.4, -0.2) is 32.1 Å². The van der Waals surface area contributed by atoms with Gasteiger partial charge in [0.15, 0.2) is 0 Å². The van der Waals surface area contributed by atoms with E-state index < -0.39 is 57.2 Å². The first kappa shape index (κ1) is 25.1. The van der Waals surface area contributed by atoms with E-state index in [1.165, 1.54) is 0 Å². The van der Waals surface area contributed by atoms with Gasteiger partial charge in [0, 0.05) is 10.8 Å². The van der Waals surface area contributed by atoms with Crippen LogP contribution in [0.5, 0.6) is 0 Å². The second kappa shape index (κ2) is 8.43. The fraction of sp³-hybridized carbons (Fsp3) is 0.333. The molecule has 13 heteroatoms. The summed E-state index contributed by atoms with van der Waals surface area (Å²) in [7, 11) is -2.81. The van der Waals surface area contributed by atoms with E-state index in [0.29, 0.717) is 24.3 Å². The van der Waals surface area contributed by atoms with Crippen molar-refractivity contribution >= 4 is 10.8 Å². The van der Waals surface area contributed by atoms with Crippen LogP contribution in [0.4, 0.5) is 39.5 Å². The molecule has 0 aliphatic carbocycles. The summed E-state index contributed by atoms with van der Waals surface area (Å²) in [6.45, 7) is 0. The van der Waals surface area contributed by atoms with E-state index in [0.717, 1.165) is 24.3 Å². The van der Waals surface area contributed by atoms with Crippen LogP contribution in [0.15, 0.2) is 48.5 Å².